The van der Waals surface area contributed by atoms with E-state index >= 15 is 0 Å². The predicted octanol–water partition coefficient (Wildman–Crippen LogP) is 3.39. The Bertz CT molecular complexity index is 884. The quantitative estimate of drug-likeness (QED) is 0.657. The number of aromatic nitrogens is 3. The van der Waals surface area contributed by atoms with E-state index in [4.69, 9.17) is 17.0 Å². The lowest BCUT2D eigenvalue weighted by Gasteiger charge is -2.15. The minimum Gasteiger partial charge on any atom is -0.385 e. The molecule has 2 heterocycles. The topological polar surface area (TPSA) is 59.9 Å². The largest absolute Gasteiger partial charge is 0.417 e. The smallest absolute Gasteiger partial charge is 0.385 e. The van der Waals surface area contributed by atoms with Gasteiger partial charge in [-0.25, -0.2) is 4.98 Å². The van der Waals surface area contributed by atoms with Crippen molar-refractivity contribution in [3.63, 3.8) is 0 Å². The van der Waals surface area contributed by atoms with Gasteiger partial charge < -0.3 is 9.30 Å². The van der Waals surface area contributed by atoms with Crippen molar-refractivity contribution in [2.75, 3.05) is 13.7 Å². The van der Waals surface area contributed by atoms with Gasteiger partial charge in [-0.15, -0.1) is 0 Å². The van der Waals surface area contributed by atoms with Crippen LogP contribution in [0.25, 0.3) is 11.0 Å². The highest BCUT2D eigenvalue weighted by atomic mass is 32.1. The Kier molecular flexibility index (Phi) is 4.48. The van der Waals surface area contributed by atoms with Crippen LogP contribution >= 0.6 is 12.2 Å². The van der Waals surface area contributed by atoms with Crippen LogP contribution in [0.1, 0.15) is 36.4 Å². The van der Waals surface area contributed by atoms with E-state index in [9.17, 15) is 18.0 Å². The van der Waals surface area contributed by atoms with E-state index < -0.39 is 22.7 Å². The Labute approximate surface area is 140 Å². The van der Waals surface area contributed by atoms with Crippen LogP contribution in [-0.2, 0) is 17.5 Å². The van der Waals surface area contributed by atoms with E-state index in [0.717, 1.165) is 18.9 Å². The van der Waals surface area contributed by atoms with Crippen LogP contribution in [-0.4, -0.2) is 28.3 Å². The first-order valence-corrected chi connectivity index (χ1v) is 7.97. The zero-order valence-corrected chi connectivity index (χ0v) is 13.8. The molecule has 0 saturated heterocycles. The van der Waals surface area contributed by atoms with Gasteiger partial charge in [-0.1, -0.05) is 0 Å². The molecule has 0 unspecified atom stereocenters. The molecule has 0 amide bonds. The summed E-state index contributed by atoms with van der Waals surface area (Å²) in [5, 5.41) is -0.460. The van der Waals surface area contributed by atoms with Crippen molar-refractivity contribution in [1.82, 2.24) is 14.5 Å². The molecule has 130 valence electrons. The van der Waals surface area contributed by atoms with Crippen LogP contribution in [0.2, 0.25) is 0 Å². The van der Waals surface area contributed by atoms with Gasteiger partial charge in [0.15, 0.2) is 4.77 Å². The third-order valence-electron chi connectivity index (χ3n) is 4.00. The van der Waals surface area contributed by atoms with Crippen molar-refractivity contribution in [3.8, 4) is 0 Å². The van der Waals surface area contributed by atoms with E-state index in [2.05, 4.69) is 9.97 Å². The van der Waals surface area contributed by atoms with Gasteiger partial charge in [-0.2, -0.15) is 13.2 Å². The molecule has 0 spiro atoms. The highest BCUT2D eigenvalue weighted by Gasteiger charge is 2.37. The second-order valence-electron chi connectivity index (χ2n) is 5.82. The molecule has 0 aliphatic heterocycles. The van der Waals surface area contributed by atoms with Gasteiger partial charge in [0, 0.05) is 31.9 Å². The Morgan fingerprint density at radius 2 is 2.17 bits per heavy atom. The first kappa shape index (κ1) is 17.1. The number of H-pyrrole nitrogens is 1. The van der Waals surface area contributed by atoms with Crippen LogP contribution < -0.4 is 5.56 Å². The van der Waals surface area contributed by atoms with E-state index in [-0.39, 0.29) is 16.3 Å². The summed E-state index contributed by atoms with van der Waals surface area (Å²) in [5.41, 5.74) is -1.45. The van der Waals surface area contributed by atoms with Crippen LogP contribution in [0.4, 0.5) is 13.2 Å². The number of halogens is 3. The number of aromatic amines is 1. The highest BCUT2D eigenvalue weighted by molar-refractivity contribution is 7.71. The number of methoxy groups -OCH3 is 1. The summed E-state index contributed by atoms with van der Waals surface area (Å²) in [6.07, 6.45) is -2.47. The van der Waals surface area contributed by atoms with Gasteiger partial charge >= 0.3 is 6.18 Å². The molecule has 1 N–H and O–H groups in total. The van der Waals surface area contributed by atoms with Crippen LogP contribution in [0, 0.1) is 4.77 Å². The summed E-state index contributed by atoms with van der Waals surface area (Å²) < 4.78 is 46.9. The molecule has 2 aromatic heterocycles. The number of fused-ring (bicyclic) bond motifs is 1. The average molecular weight is 359 g/mol. The van der Waals surface area contributed by atoms with Gasteiger partial charge in [0.25, 0.3) is 5.56 Å². The van der Waals surface area contributed by atoms with Gasteiger partial charge in [0.1, 0.15) is 5.65 Å². The molecule has 0 radical (unpaired) electrons. The molecule has 0 bridgehead atoms. The summed E-state index contributed by atoms with van der Waals surface area (Å²) in [4.78, 5) is 18.8. The molecule has 0 atom stereocenters. The van der Waals surface area contributed by atoms with Crippen LogP contribution in [0.3, 0.4) is 0 Å². The van der Waals surface area contributed by atoms with Crippen LogP contribution in [0.15, 0.2) is 10.9 Å². The standard InChI is InChI=1S/C15H16F3N3O2S/c1-23-6-2-5-21-12-11(13(22)20-14(21)24)9(15(16,17)18)7-10(19-12)8-3-4-8/h7-8H,2-6H2,1H3,(H,20,22,24). The molecule has 5 nitrogen and oxygen atoms in total. The zero-order valence-electron chi connectivity index (χ0n) is 12.9. The van der Waals surface area contributed by atoms with E-state index in [1.54, 1.807) is 0 Å². The average Bonchev–Trinajstić information content (AvgIpc) is 3.33. The third-order valence-corrected chi connectivity index (χ3v) is 4.32. The number of pyridine rings is 1. The second kappa shape index (κ2) is 6.29. The van der Waals surface area contributed by atoms with Gasteiger partial charge in [-0.05, 0) is 37.5 Å². The summed E-state index contributed by atoms with van der Waals surface area (Å²) in [6.45, 7) is 0.745. The maximum Gasteiger partial charge on any atom is 0.417 e. The fourth-order valence-corrected chi connectivity index (χ4v) is 2.95. The Morgan fingerprint density at radius 1 is 1.46 bits per heavy atom. The Morgan fingerprint density at radius 3 is 2.75 bits per heavy atom. The number of alkyl halides is 3. The SMILES string of the molecule is COCCCn1c(=S)[nH]c(=O)c2c(C(F)(F)F)cc(C3CC3)nc21. The number of nitrogens with zero attached hydrogens (tertiary/aromatic N) is 2. The number of hydrogen-bond donors (Lipinski definition) is 1. The van der Waals surface area contributed by atoms with Gasteiger partial charge in [-0.3, -0.25) is 9.78 Å². The molecular formula is C15H16F3N3O2S. The molecule has 1 saturated carbocycles. The molecule has 1 aliphatic rings. The maximum atomic E-state index is 13.5. The van der Waals surface area contributed by atoms with Gasteiger partial charge in [0.05, 0.1) is 10.9 Å². The summed E-state index contributed by atoms with van der Waals surface area (Å²) in [5.74, 6) is 0.0239. The molecule has 0 aromatic carbocycles. The van der Waals surface area contributed by atoms with E-state index in [1.165, 1.54) is 11.7 Å². The number of ether oxygens (including phenoxy) is 1. The lowest BCUT2D eigenvalue weighted by Crippen LogP contribution is -2.21. The van der Waals surface area contributed by atoms with Crippen molar-refractivity contribution >= 4 is 23.3 Å². The van der Waals surface area contributed by atoms with E-state index in [0.29, 0.717) is 25.3 Å². The first-order valence-electron chi connectivity index (χ1n) is 7.57. The van der Waals surface area contributed by atoms with Gasteiger partial charge in [0.2, 0.25) is 0 Å². The number of nitrogens with one attached hydrogen (secondary N) is 1. The highest BCUT2D eigenvalue weighted by Crippen LogP contribution is 2.42. The molecule has 2 aromatic rings. The molecule has 1 fully saturated rings. The zero-order chi connectivity index (χ0) is 17.5. The molecule has 3 rings (SSSR count). The Hall–Kier alpha value is -1.74. The first-order chi connectivity index (χ1) is 11.3. The fraction of sp³-hybridized carbons (Fsp3) is 0.533. The number of aryl methyl sites for hydroxylation is 1. The lowest BCUT2D eigenvalue weighted by atomic mass is 10.1. The summed E-state index contributed by atoms with van der Waals surface area (Å²) in [6, 6.07) is 0.998. The molecule has 24 heavy (non-hydrogen) atoms. The number of rotatable bonds is 5. The second-order valence-corrected chi connectivity index (χ2v) is 6.21. The monoisotopic (exact) mass is 359 g/mol. The van der Waals surface area contributed by atoms with Crippen molar-refractivity contribution < 1.29 is 17.9 Å². The van der Waals surface area contributed by atoms with Crippen LogP contribution in [0.5, 0.6) is 0 Å². The molecular weight excluding hydrogens is 343 g/mol. The Balaban J connectivity index is 2.29. The van der Waals surface area contributed by atoms with Crippen molar-refractivity contribution in [2.24, 2.45) is 0 Å². The maximum absolute atomic E-state index is 13.5. The molecule has 1 aliphatic carbocycles. The fourth-order valence-electron chi connectivity index (χ4n) is 2.68. The normalized spacial score (nSPS) is 15.2. The minimum absolute atomic E-state index is 0.00317. The molecule has 9 heteroatoms. The van der Waals surface area contributed by atoms with Crippen molar-refractivity contribution in [3.05, 3.63) is 32.4 Å². The lowest BCUT2D eigenvalue weighted by molar-refractivity contribution is -0.136. The summed E-state index contributed by atoms with van der Waals surface area (Å²) >= 11 is 5.12. The van der Waals surface area contributed by atoms with Crippen molar-refractivity contribution in [1.29, 1.82) is 0 Å². The van der Waals surface area contributed by atoms with Crippen molar-refractivity contribution in [2.45, 2.75) is 37.9 Å². The van der Waals surface area contributed by atoms with E-state index in [1.807, 2.05) is 0 Å². The minimum atomic E-state index is -4.63. The number of hydrogen-bond acceptors (Lipinski definition) is 4. The third kappa shape index (κ3) is 3.23. The summed E-state index contributed by atoms with van der Waals surface area (Å²) in [7, 11) is 1.54. The predicted molar refractivity (Wildman–Crippen MR) is 84.7 cm³/mol.